The largest absolute Gasteiger partial charge is 0.626 e. The highest BCUT2D eigenvalue weighted by Crippen LogP contribution is 2.41. The van der Waals surface area contributed by atoms with Crippen LogP contribution in [0.15, 0.2) is 29.3 Å². The number of hydrogen-bond acceptors (Lipinski definition) is 6. The standard InChI is InChI=1S/C17H20N4O2S/c1-11-9-13-16(21(23)7-5-20(2)6-8-21)18-14-4-3-12(22)10-15(14)19-17(13)24-11/h3-4,9-10,19,22H,5-8H2,1-2H3. The Labute approximate surface area is 144 Å². The fourth-order valence-corrected chi connectivity index (χ4v) is 4.12. The molecule has 0 aliphatic carbocycles. The van der Waals surface area contributed by atoms with E-state index in [2.05, 4.69) is 10.2 Å². The molecular weight excluding hydrogens is 324 g/mol. The molecule has 6 nitrogen and oxygen atoms in total. The van der Waals surface area contributed by atoms with Crippen LogP contribution in [0.2, 0.25) is 0 Å². The first-order valence-electron chi connectivity index (χ1n) is 8.01. The molecule has 2 aromatic rings. The van der Waals surface area contributed by atoms with Gasteiger partial charge in [-0.25, -0.2) is 0 Å². The number of nitrogens with one attached hydrogen (secondary N) is 1. The third-order valence-corrected chi connectivity index (χ3v) is 5.59. The van der Waals surface area contributed by atoms with Crippen LogP contribution < -0.4 is 5.32 Å². The smallest absolute Gasteiger partial charge is 0.238 e. The summed E-state index contributed by atoms with van der Waals surface area (Å²) in [4.78, 5) is 8.05. The highest BCUT2D eigenvalue weighted by molar-refractivity contribution is 7.16. The molecule has 0 radical (unpaired) electrons. The van der Waals surface area contributed by atoms with Crippen molar-refractivity contribution < 1.29 is 9.75 Å². The van der Waals surface area contributed by atoms with Crippen molar-refractivity contribution in [1.82, 2.24) is 4.90 Å². The quantitative estimate of drug-likeness (QED) is 0.569. The number of rotatable bonds is 0. The number of anilines is 2. The van der Waals surface area contributed by atoms with Gasteiger partial charge in [0.05, 0.1) is 30.0 Å². The summed E-state index contributed by atoms with van der Waals surface area (Å²) in [5, 5.41) is 27.6. The Morgan fingerprint density at radius 2 is 2.04 bits per heavy atom. The van der Waals surface area contributed by atoms with Gasteiger partial charge in [0.25, 0.3) is 0 Å². The molecule has 2 aliphatic heterocycles. The van der Waals surface area contributed by atoms with Crippen molar-refractivity contribution in [2.24, 2.45) is 4.99 Å². The Bertz CT molecular complexity index is 822. The van der Waals surface area contributed by atoms with Crippen molar-refractivity contribution in [3.63, 3.8) is 0 Å². The highest BCUT2D eigenvalue weighted by atomic mass is 32.1. The van der Waals surface area contributed by atoms with Gasteiger partial charge < -0.3 is 20.3 Å². The number of benzene rings is 1. The van der Waals surface area contributed by atoms with Gasteiger partial charge in [-0.1, -0.05) is 0 Å². The van der Waals surface area contributed by atoms with Crippen LogP contribution in [0.1, 0.15) is 10.4 Å². The van der Waals surface area contributed by atoms with Crippen LogP contribution in [0.25, 0.3) is 0 Å². The molecule has 4 rings (SSSR count). The maximum Gasteiger partial charge on any atom is 0.238 e. The highest BCUT2D eigenvalue weighted by Gasteiger charge is 2.34. The Hall–Kier alpha value is -1.93. The zero-order valence-corrected chi connectivity index (χ0v) is 14.6. The summed E-state index contributed by atoms with van der Waals surface area (Å²) in [5.41, 5.74) is 2.30. The molecular formula is C17H20N4O2S. The lowest BCUT2D eigenvalue weighted by atomic mass is 10.2. The molecule has 1 fully saturated rings. The molecule has 1 aromatic heterocycles. The van der Waals surface area contributed by atoms with Crippen LogP contribution in [-0.4, -0.2) is 53.7 Å². The molecule has 126 valence electrons. The van der Waals surface area contributed by atoms with Gasteiger partial charge in [-0.15, -0.1) is 11.3 Å². The van der Waals surface area contributed by atoms with E-state index >= 15 is 0 Å². The number of aryl methyl sites for hydroxylation is 1. The summed E-state index contributed by atoms with van der Waals surface area (Å²) >= 11 is 1.61. The number of aromatic hydroxyl groups is 1. The van der Waals surface area contributed by atoms with E-state index in [1.807, 2.05) is 20.0 Å². The summed E-state index contributed by atoms with van der Waals surface area (Å²) in [5.74, 6) is 0.750. The molecule has 3 heterocycles. The van der Waals surface area contributed by atoms with E-state index in [9.17, 15) is 10.3 Å². The van der Waals surface area contributed by atoms with Gasteiger partial charge in [0.2, 0.25) is 5.84 Å². The summed E-state index contributed by atoms with van der Waals surface area (Å²) in [6.45, 7) is 4.54. The summed E-state index contributed by atoms with van der Waals surface area (Å²) in [7, 11) is 2.04. The van der Waals surface area contributed by atoms with E-state index in [-0.39, 0.29) is 5.75 Å². The number of phenolic OH excluding ortho intramolecular Hbond substituents is 1. The summed E-state index contributed by atoms with van der Waals surface area (Å²) < 4.78 is -0.407. The number of nitrogens with zero attached hydrogens (tertiary/aromatic N) is 3. The topological polar surface area (TPSA) is 70.9 Å². The van der Waals surface area contributed by atoms with Crippen LogP contribution in [0.5, 0.6) is 5.75 Å². The van der Waals surface area contributed by atoms with Gasteiger partial charge in [-0.05, 0) is 32.2 Å². The minimum absolute atomic E-state index is 0.181. The van der Waals surface area contributed by atoms with E-state index in [1.165, 1.54) is 0 Å². The molecule has 24 heavy (non-hydrogen) atoms. The van der Waals surface area contributed by atoms with Gasteiger partial charge in [0.1, 0.15) is 10.8 Å². The van der Waals surface area contributed by atoms with Crippen molar-refractivity contribution in [2.75, 3.05) is 38.5 Å². The third kappa shape index (κ3) is 2.59. The molecule has 2 aliphatic rings. The molecule has 0 atom stereocenters. The second-order valence-corrected chi connectivity index (χ2v) is 7.76. The number of piperazine rings is 1. The van der Waals surface area contributed by atoms with Crippen molar-refractivity contribution in [3.8, 4) is 5.75 Å². The van der Waals surface area contributed by atoms with E-state index in [0.717, 1.165) is 34.2 Å². The fraction of sp³-hybridized carbons (Fsp3) is 0.353. The Morgan fingerprint density at radius 1 is 1.29 bits per heavy atom. The lowest BCUT2D eigenvalue weighted by Gasteiger charge is -2.46. The first-order valence-corrected chi connectivity index (χ1v) is 8.83. The summed E-state index contributed by atoms with van der Waals surface area (Å²) in [6.07, 6.45) is 0. The van der Waals surface area contributed by atoms with Crippen LogP contribution in [0.3, 0.4) is 0 Å². The minimum atomic E-state index is -0.407. The number of amidine groups is 1. The third-order valence-electron chi connectivity index (χ3n) is 4.62. The van der Waals surface area contributed by atoms with Crippen molar-refractivity contribution >= 4 is 33.5 Å². The van der Waals surface area contributed by atoms with Gasteiger partial charge >= 0.3 is 0 Å². The molecule has 0 spiro atoms. The number of thiophene rings is 1. The molecule has 1 saturated heterocycles. The van der Waals surface area contributed by atoms with Gasteiger partial charge in [-0.2, -0.15) is 4.99 Å². The summed E-state index contributed by atoms with van der Waals surface area (Å²) in [6, 6.07) is 7.04. The number of fused-ring (bicyclic) bond motifs is 2. The number of likely N-dealkylation sites (N-methyl/N-ethyl adjacent to an activating group) is 1. The van der Waals surface area contributed by atoms with Crippen LogP contribution >= 0.6 is 11.3 Å². The van der Waals surface area contributed by atoms with E-state index < -0.39 is 4.65 Å². The van der Waals surface area contributed by atoms with Gasteiger partial charge in [0, 0.05) is 24.0 Å². The van der Waals surface area contributed by atoms with Crippen molar-refractivity contribution in [2.45, 2.75) is 6.92 Å². The number of hydrogen-bond donors (Lipinski definition) is 2. The van der Waals surface area contributed by atoms with E-state index in [4.69, 9.17) is 4.99 Å². The SMILES string of the molecule is Cc1cc2c(s1)Nc1cc(O)ccc1N=C2[N+]1([O-])CCN(C)CC1. The van der Waals surface area contributed by atoms with Crippen LogP contribution in [0.4, 0.5) is 16.4 Å². The molecule has 2 N–H and O–H groups in total. The lowest BCUT2D eigenvalue weighted by Crippen LogP contribution is -2.58. The number of aliphatic imine (C=N–C) groups is 1. The number of quaternary nitrogens is 1. The molecule has 7 heteroatoms. The zero-order valence-electron chi connectivity index (χ0n) is 13.7. The van der Waals surface area contributed by atoms with Crippen molar-refractivity contribution in [1.29, 1.82) is 0 Å². The number of hydroxylamine groups is 3. The first kappa shape index (κ1) is 15.6. The number of phenols is 1. The maximum absolute atomic E-state index is 13.5. The maximum atomic E-state index is 13.5. The molecule has 1 aromatic carbocycles. The first-order chi connectivity index (χ1) is 11.4. The van der Waals surface area contributed by atoms with Crippen LogP contribution in [-0.2, 0) is 0 Å². The average Bonchev–Trinajstić information content (AvgIpc) is 2.82. The molecule has 0 unspecified atom stereocenters. The second-order valence-electron chi connectivity index (χ2n) is 6.50. The molecule has 0 amide bonds. The molecule has 0 bridgehead atoms. The fourth-order valence-electron chi connectivity index (χ4n) is 3.20. The lowest BCUT2D eigenvalue weighted by molar-refractivity contribution is -0.794. The normalized spacial score (nSPS) is 19.7. The molecule has 0 saturated carbocycles. The Morgan fingerprint density at radius 3 is 2.79 bits per heavy atom. The second kappa shape index (κ2) is 5.56. The van der Waals surface area contributed by atoms with Gasteiger partial charge in [-0.3, -0.25) is 4.90 Å². The predicted molar refractivity (Wildman–Crippen MR) is 97.5 cm³/mol. The monoisotopic (exact) mass is 344 g/mol. The average molecular weight is 344 g/mol. The van der Waals surface area contributed by atoms with E-state index in [1.54, 1.807) is 29.5 Å². The van der Waals surface area contributed by atoms with Crippen molar-refractivity contribution in [3.05, 3.63) is 39.9 Å². The van der Waals surface area contributed by atoms with Crippen LogP contribution in [0, 0.1) is 12.1 Å². The minimum Gasteiger partial charge on any atom is -0.626 e. The van der Waals surface area contributed by atoms with E-state index in [0.29, 0.717) is 24.6 Å². The Kier molecular flexibility index (Phi) is 3.61. The predicted octanol–water partition coefficient (Wildman–Crippen LogP) is 3.16. The Balaban J connectivity index is 1.87. The zero-order chi connectivity index (χ0) is 16.9. The van der Waals surface area contributed by atoms with Gasteiger partial charge in [0.15, 0.2) is 0 Å².